The number of halogens is 2. The smallest absolute Gasteiger partial charge is 0.415 e. The third-order valence-electron chi connectivity index (χ3n) is 4.55. The Bertz CT molecular complexity index is 1120. The van der Waals surface area contributed by atoms with Gasteiger partial charge in [0.1, 0.15) is 18.4 Å². The minimum Gasteiger partial charge on any atom is -0.487 e. The topological polar surface area (TPSA) is 91.2 Å². The van der Waals surface area contributed by atoms with Crippen LogP contribution in [0.2, 0.25) is 0 Å². The summed E-state index contributed by atoms with van der Waals surface area (Å²) in [5, 5.41) is 9.56. The largest absolute Gasteiger partial charge is 0.487 e. The molecule has 1 amide bonds. The fourth-order valence-corrected chi connectivity index (χ4v) is 3.23. The van der Waals surface area contributed by atoms with Crippen molar-refractivity contribution in [2.75, 3.05) is 18.1 Å². The number of hydrogen-bond acceptors (Lipinski definition) is 5. The number of cyclic esters (lactones) is 1. The van der Waals surface area contributed by atoms with Crippen molar-refractivity contribution >= 4 is 22.8 Å². The molecule has 0 bridgehead atoms. The van der Waals surface area contributed by atoms with Crippen molar-refractivity contribution in [3.05, 3.63) is 53.9 Å². The van der Waals surface area contributed by atoms with E-state index in [-0.39, 0.29) is 17.9 Å². The third-order valence-corrected chi connectivity index (χ3v) is 4.55. The summed E-state index contributed by atoms with van der Waals surface area (Å²) in [5.41, 5.74) is 2.86. The van der Waals surface area contributed by atoms with Gasteiger partial charge < -0.3 is 14.5 Å². The normalized spacial score (nSPS) is 16.7. The van der Waals surface area contributed by atoms with Crippen LogP contribution in [-0.2, 0) is 4.74 Å². The first-order valence-electron chi connectivity index (χ1n) is 8.79. The van der Waals surface area contributed by atoms with Gasteiger partial charge in [0.05, 0.1) is 34.7 Å². The molecule has 0 radical (unpaired) electrons. The monoisotopic (exact) mass is 398 g/mol. The van der Waals surface area contributed by atoms with Crippen molar-refractivity contribution in [3.63, 3.8) is 0 Å². The molecule has 4 rings (SSSR count). The van der Waals surface area contributed by atoms with Gasteiger partial charge in [0.15, 0.2) is 6.61 Å². The predicted molar refractivity (Wildman–Crippen MR) is 99.9 cm³/mol. The van der Waals surface area contributed by atoms with Crippen LogP contribution in [0.3, 0.4) is 0 Å². The lowest BCUT2D eigenvalue weighted by Crippen LogP contribution is -2.27. The molecule has 1 N–H and O–H groups in total. The number of alkyl halides is 2. The van der Waals surface area contributed by atoms with Gasteiger partial charge in [0, 0.05) is 6.92 Å². The van der Waals surface area contributed by atoms with Crippen molar-refractivity contribution < 1.29 is 23.0 Å². The minimum absolute atomic E-state index is 0.0573. The average Bonchev–Trinajstić information content (AvgIpc) is 3.31. The number of nitrogens with zero attached hydrogens (tertiary/aromatic N) is 3. The quantitative estimate of drug-likeness (QED) is 0.697. The number of fused-ring (bicyclic) bond motifs is 1. The second-order valence-electron chi connectivity index (χ2n) is 6.79. The lowest BCUT2D eigenvalue weighted by Gasteiger charge is -2.23. The summed E-state index contributed by atoms with van der Waals surface area (Å²) in [5.74, 6) is -2.83. The number of rotatable bonds is 5. The Morgan fingerprint density at radius 3 is 2.97 bits per heavy atom. The van der Waals surface area contributed by atoms with Crippen LogP contribution in [0.1, 0.15) is 24.1 Å². The Labute approximate surface area is 164 Å². The second-order valence-corrected chi connectivity index (χ2v) is 6.79. The van der Waals surface area contributed by atoms with Crippen LogP contribution >= 0.6 is 0 Å². The molecule has 0 spiro atoms. The van der Waals surface area contributed by atoms with Gasteiger partial charge in [-0.15, -0.1) is 0 Å². The molecule has 1 aliphatic rings. The number of imidazole rings is 1. The number of anilines is 1. The zero-order valence-corrected chi connectivity index (χ0v) is 15.4. The Morgan fingerprint density at radius 2 is 2.21 bits per heavy atom. The Balaban J connectivity index is 1.67. The first kappa shape index (κ1) is 18.7. The number of aromatic nitrogens is 2. The van der Waals surface area contributed by atoms with Crippen LogP contribution in [0.25, 0.3) is 11.0 Å². The number of benzene rings is 2. The van der Waals surface area contributed by atoms with Gasteiger partial charge in [-0.1, -0.05) is 6.07 Å². The number of hydrogen-bond donors (Lipinski definition) is 1. The fraction of sp³-hybridized carbons (Fsp3) is 0.250. The number of nitrogens with one attached hydrogen (secondary N) is 1. The first-order chi connectivity index (χ1) is 13.9. The summed E-state index contributed by atoms with van der Waals surface area (Å²) in [6.07, 6.45) is 1.02. The second kappa shape index (κ2) is 7.05. The zero-order chi connectivity index (χ0) is 20.6. The van der Waals surface area contributed by atoms with E-state index in [2.05, 4.69) is 9.97 Å². The number of amides is 1. The lowest BCUT2D eigenvalue weighted by atomic mass is 10.00. The molecule has 1 saturated heterocycles. The van der Waals surface area contributed by atoms with Crippen molar-refractivity contribution in [1.82, 2.24) is 9.97 Å². The van der Waals surface area contributed by atoms with Crippen molar-refractivity contribution in [1.29, 1.82) is 5.26 Å². The van der Waals surface area contributed by atoms with Gasteiger partial charge in [0.2, 0.25) is 0 Å². The summed E-state index contributed by atoms with van der Waals surface area (Å²) < 4.78 is 36.4. The van der Waals surface area contributed by atoms with Gasteiger partial charge in [-0.05, 0) is 35.9 Å². The van der Waals surface area contributed by atoms with E-state index in [4.69, 9.17) is 9.47 Å². The van der Waals surface area contributed by atoms with Crippen LogP contribution < -0.4 is 9.64 Å². The highest BCUT2D eigenvalue weighted by atomic mass is 19.3. The molecule has 1 aromatic heterocycles. The molecule has 1 atom stereocenters. The summed E-state index contributed by atoms with van der Waals surface area (Å²) in [6.45, 7) is 0.0166. The Hall–Kier alpha value is -3.67. The molecule has 0 unspecified atom stereocenters. The molecule has 1 fully saturated rings. The minimum atomic E-state index is -2.99. The average molecular weight is 398 g/mol. The highest BCUT2D eigenvalue weighted by molar-refractivity contribution is 5.93. The van der Waals surface area contributed by atoms with E-state index >= 15 is 0 Å². The molecule has 9 heteroatoms. The molecule has 29 heavy (non-hydrogen) atoms. The number of carbonyl (C=O) groups excluding carboxylic acids is 1. The maximum absolute atomic E-state index is 13.0. The van der Waals surface area contributed by atoms with E-state index in [1.54, 1.807) is 30.6 Å². The van der Waals surface area contributed by atoms with Crippen LogP contribution in [0.5, 0.6) is 5.75 Å². The van der Waals surface area contributed by atoms with E-state index in [1.165, 1.54) is 17.0 Å². The molecule has 1 aliphatic heterocycles. The van der Waals surface area contributed by atoms with E-state index in [0.717, 1.165) is 18.0 Å². The highest BCUT2D eigenvalue weighted by Crippen LogP contribution is 2.36. The number of aromatic amines is 1. The van der Waals surface area contributed by atoms with Crippen LogP contribution in [0.15, 0.2) is 42.7 Å². The number of ether oxygens (including phenoxy) is 2. The fourth-order valence-electron chi connectivity index (χ4n) is 3.23. The van der Waals surface area contributed by atoms with E-state index in [1.807, 2.05) is 6.07 Å². The van der Waals surface area contributed by atoms with Crippen LogP contribution in [0.4, 0.5) is 19.3 Å². The summed E-state index contributed by atoms with van der Waals surface area (Å²) in [6, 6.07) is 11.3. The third kappa shape index (κ3) is 3.69. The molecule has 3 aromatic rings. The van der Waals surface area contributed by atoms with Crippen molar-refractivity contribution in [2.45, 2.75) is 18.9 Å². The summed E-state index contributed by atoms with van der Waals surface area (Å²) in [4.78, 5) is 21.0. The standard InChI is InChI=1S/C20H16F2N4O3/c1-20(21,22)10-29-14-3-4-15(12(6-14)8-23)18-9-28-19(27)26(18)13-2-5-16-17(7-13)25-11-24-16/h2-7,11,18H,9-10H2,1H3,(H,24,25)/t18-/m1/s1. The maximum atomic E-state index is 13.0. The van der Waals surface area contributed by atoms with Crippen molar-refractivity contribution in [3.8, 4) is 11.8 Å². The van der Waals surface area contributed by atoms with Gasteiger partial charge in [-0.25, -0.2) is 18.6 Å². The van der Waals surface area contributed by atoms with Crippen molar-refractivity contribution in [2.24, 2.45) is 0 Å². The summed E-state index contributed by atoms with van der Waals surface area (Å²) in [7, 11) is 0. The highest BCUT2D eigenvalue weighted by Gasteiger charge is 2.37. The molecule has 2 aromatic carbocycles. The first-order valence-corrected chi connectivity index (χ1v) is 8.79. The predicted octanol–water partition coefficient (Wildman–Crippen LogP) is 4.17. The Morgan fingerprint density at radius 1 is 1.38 bits per heavy atom. The van der Waals surface area contributed by atoms with Gasteiger partial charge in [-0.2, -0.15) is 5.26 Å². The lowest BCUT2D eigenvalue weighted by molar-refractivity contribution is -0.0229. The SMILES string of the molecule is CC(F)(F)COc1ccc([C@H]2COC(=O)N2c2ccc3nc[nH]c3c2)c(C#N)c1. The molecule has 148 valence electrons. The van der Waals surface area contributed by atoms with Crippen LogP contribution in [0, 0.1) is 11.3 Å². The molecule has 0 saturated carbocycles. The molecule has 2 heterocycles. The molecular weight excluding hydrogens is 382 g/mol. The van der Waals surface area contributed by atoms with Crippen LogP contribution in [-0.4, -0.2) is 35.2 Å². The molecule has 0 aliphatic carbocycles. The summed E-state index contributed by atoms with van der Waals surface area (Å²) >= 11 is 0. The van der Waals surface area contributed by atoms with E-state index < -0.39 is 24.7 Å². The number of carbonyl (C=O) groups is 1. The maximum Gasteiger partial charge on any atom is 0.415 e. The van der Waals surface area contributed by atoms with Gasteiger partial charge in [0.25, 0.3) is 5.92 Å². The number of nitriles is 1. The molecular formula is C20H16F2N4O3. The van der Waals surface area contributed by atoms with E-state index in [0.29, 0.717) is 11.3 Å². The van der Waals surface area contributed by atoms with Gasteiger partial charge >= 0.3 is 6.09 Å². The van der Waals surface area contributed by atoms with Gasteiger partial charge in [-0.3, -0.25) is 4.90 Å². The Kier molecular flexibility index (Phi) is 4.54. The van der Waals surface area contributed by atoms with E-state index in [9.17, 15) is 18.8 Å². The zero-order valence-electron chi connectivity index (χ0n) is 15.4. The molecule has 7 nitrogen and oxygen atoms in total. The number of H-pyrrole nitrogens is 1.